The van der Waals surface area contributed by atoms with Gasteiger partial charge in [0, 0.05) is 89.8 Å². The molecule has 126 heavy (non-hydrogen) atoms. The SMILES string of the molecule is CC[C@@H]1OCC[C@@]2(S(=O)(=O)c3ccc(Cl)cc3)c3c(F)ccc(F)c3OC[C@@H]12.CS(=O)(=O)NC[C@@H]1OCC[C@@]2(S(=O)(=O)c3ccc(Cl)cc3)c3c(F)ccc(F)c3OC[C@@H]12.CS(=O)(=O)NC[C@H]1OCC[C@@]2(S(=O)(=O)c3ccc(Cl)cc3)c3c(F)ccc(F)c3OC[C@@H]12.O=S(=O)(NC[C@@H]1OCC[C@@]2(S(=O)(=O)c3ccc(Cl)cc3)c3c(F)ccc(F)c3OC[C@@H]12)C1CC1. The van der Waals surface area contributed by atoms with Crippen molar-refractivity contribution in [3.63, 3.8) is 0 Å². The first-order chi connectivity index (χ1) is 59.3. The fourth-order valence-electron chi connectivity index (χ4n) is 18.4. The first-order valence-electron chi connectivity index (χ1n) is 39.1. The van der Waals surface area contributed by atoms with Gasteiger partial charge in [-0.05, 0) is 191 Å². The maximum atomic E-state index is 15.3. The van der Waals surface area contributed by atoms with Crippen LogP contribution in [0.1, 0.15) is 74.1 Å². The molecule has 0 spiro atoms. The quantitative estimate of drug-likeness (QED) is 0.0633. The zero-order valence-corrected chi connectivity index (χ0v) is 75.4. The second-order valence-corrected chi connectivity index (χ2v) is 47.7. The van der Waals surface area contributed by atoms with Crippen LogP contribution >= 0.6 is 46.4 Å². The molecule has 4 saturated heterocycles. The Kier molecular flexibility index (Phi) is 27.3. The molecule has 8 aromatic carbocycles. The van der Waals surface area contributed by atoms with Crippen LogP contribution in [0.4, 0.5) is 35.1 Å². The maximum Gasteiger partial charge on any atom is 0.214 e. The lowest BCUT2D eigenvalue weighted by Crippen LogP contribution is -2.59. The van der Waals surface area contributed by atoms with Crippen molar-refractivity contribution in [3.8, 4) is 23.0 Å². The van der Waals surface area contributed by atoms with E-state index in [9.17, 15) is 76.5 Å². The molecular weight excluding hydrogens is 1900 g/mol. The highest BCUT2D eigenvalue weighted by atomic mass is 35.5. The fraction of sp³-hybridized carbons (Fsp3) is 0.415. The minimum Gasteiger partial charge on any atom is -0.490 e. The fourth-order valence-corrected chi connectivity index (χ4v) is 30.6. The van der Waals surface area contributed by atoms with Crippen molar-refractivity contribution in [2.24, 2.45) is 23.7 Å². The second kappa shape index (κ2) is 36.2. The largest absolute Gasteiger partial charge is 0.490 e. The van der Waals surface area contributed by atoms with Gasteiger partial charge >= 0.3 is 0 Å². The summed E-state index contributed by atoms with van der Waals surface area (Å²) in [6.45, 7) is -0.0468. The van der Waals surface area contributed by atoms with Crippen molar-refractivity contribution in [3.05, 3.63) is 234 Å². The number of halogens is 12. The standard InChI is InChI=1S/C22H22ClF2NO6S2.2C20H20ClF2NO6S2.C20H19ClF2O4S/c23-13-1-3-14(4-2-13)33(27,28)22-9-10-31-19(11-26-34(29,30)15-5-6-15)16(22)12-32-21-18(25)8-7-17(24)20(21)22;2*1-31(25,26)24-10-17-14-11-30-19-16(23)7-6-15(22)18(19)20(14,8-9-29-17)32(27,28)13-4-2-12(21)3-5-13;1-2-17-14-11-27-19-16(23)8-7-15(22)18(19)20(14,9-10-26-17)28(24,25)13-5-3-12(21)4-6-13/h1-4,7-8,15-16,19,26H,5-6,9-12H2;2*2-7,14,17,24H,8-11H2,1H3;3-8,14,17H,2,9-11H2,1H3/t16-,19-,22-;14-,17+,20-;2*14-,17-,20-/m0000/s1. The lowest BCUT2D eigenvalue weighted by Gasteiger charge is -2.50. The van der Waals surface area contributed by atoms with E-state index in [1.807, 2.05) is 6.92 Å². The molecule has 0 radical (unpaired) electrons. The van der Waals surface area contributed by atoms with Crippen molar-refractivity contribution in [2.75, 3.05) is 85.0 Å². The summed E-state index contributed by atoms with van der Waals surface area (Å²) >= 11 is 23.7. The summed E-state index contributed by atoms with van der Waals surface area (Å²) < 4.78 is 347. The van der Waals surface area contributed by atoms with E-state index in [4.69, 9.17) is 84.3 Å². The molecule has 0 aromatic heterocycles. The van der Waals surface area contributed by atoms with E-state index in [2.05, 4.69) is 14.2 Å². The summed E-state index contributed by atoms with van der Waals surface area (Å²) in [4.78, 5) is -0.354. The molecule has 1 saturated carbocycles. The van der Waals surface area contributed by atoms with Crippen molar-refractivity contribution in [2.45, 2.75) is 120 Å². The minimum atomic E-state index is -4.35. The van der Waals surface area contributed by atoms with Gasteiger partial charge in [0.2, 0.25) is 30.1 Å². The Bertz CT molecular complexity index is 6180. The van der Waals surface area contributed by atoms with Gasteiger partial charge in [-0.25, -0.2) is 108 Å². The highest BCUT2D eigenvalue weighted by molar-refractivity contribution is 7.93. The molecule has 8 heterocycles. The lowest BCUT2D eigenvalue weighted by atomic mass is 9.75. The summed E-state index contributed by atoms with van der Waals surface area (Å²) in [6.07, 6.45) is -0.271. The van der Waals surface area contributed by atoms with Crippen molar-refractivity contribution >= 4 is 116 Å². The first kappa shape index (κ1) is 95.0. The average molecular weight is 1980 g/mol. The van der Waals surface area contributed by atoms with Crippen LogP contribution in [-0.4, -0.2) is 174 Å². The van der Waals surface area contributed by atoms with Crippen molar-refractivity contribution in [1.29, 1.82) is 0 Å². The summed E-state index contributed by atoms with van der Waals surface area (Å²) in [5.41, 5.74) is -1.44. The van der Waals surface area contributed by atoms with Crippen LogP contribution in [0.25, 0.3) is 0 Å². The minimum absolute atomic E-state index is 0.00941. The van der Waals surface area contributed by atoms with Gasteiger partial charge in [0.05, 0.1) is 110 Å². The Hall–Kier alpha value is -7.07. The molecule has 682 valence electrons. The predicted octanol–water partition coefficient (Wildman–Crippen LogP) is 12.9. The molecule has 12 atom stereocenters. The van der Waals surface area contributed by atoms with Gasteiger partial charge in [0.25, 0.3) is 0 Å². The highest BCUT2D eigenvalue weighted by Gasteiger charge is 2.67. The Balaban J connectivity index is 0.000000137. The number of fused-ring (bicyclic) bond motifs is 12. The Morgan fingerprint density at radius 2 is 0.532 bits per heavy atom. The van der Waals surface area contributed by atoms with Gasteiger partial charge in [0.15, 0.2) is 85.6 Å². The van der Waals surface area contributed by atoms with Gasteiger partial charge in [-0.3, -0.25) is 0 Å². The molecule has 1 aliphatic carbocycles. The van der Waals surface area contributed by atoms with Gasteiger partial charge in [-0.15, -0.1) is 0 Å². The van der Waals surface area contributed by atoms with Crippen molar-refractivity contribution in [1.82, 2.24) is 14.2 Å². The van der Waals surface area contributed by atoms with E-state index in [-0.39, 0.29) is 129 Å². The molecule has 0 amide bonds. The van der Waals surface area contributed by atoms with Crippen LogP contribution in [0, 0.1) is 70.2 Å². The molecular formula is C82H81Cl4F8N3O22S7. The summed E-state index contributed by atoms with van der Waals surface area (Å²) in [7, 11) is -28.0. The van der Waals surface area contributed by atoms with E-state index in [1.165, 1.54) is 97.1 Å². The van der Waals surface area contributed by atoms with E-state index < -0.39 is 222 Å². The van der Waals surface area contributed by atoms with Gasteiger partial charge in [-0.2, -0.15) is 0 Å². The van der Waals surface area contributed by atoms with E-state index in [0.717, 1.165) is 61.0 Å². The molecule has 5 fully saturated rings. The number of hydrogen-bond acceptors (Lipinski definition) is 22. The second-order valence-electron chi connectivity index (χ2n) is 31.4. The molecule has 9 aliphatic rings. The van der Waals surface area contributed by atoms with Gasteiger partial charge in [-0.1, -0.05) is 53.3 Å². The zero-order chi connectivity index (χ0) is 91.0. The molecule has 8 aliphatic heterocycles. The number of hydrogen-bond donors (Lipinski definition) is 3. The third kappa shape index (κ3) is 17.2. The van der Waals surface area contributed by atoms with Crippen LogP contribution in [0.2, 0.25) is 20.1 Å². The molecule has 44 heteroatoms. The third-order valence-corrected chi connectivity index (χ3v) is 38.9. The number of sulfone groups is 4. The third-order valence-electron chi connectivity index (χ3n) is 24.3. The normalized spacial score (nSPS) is 26.2. The topological polar surface area (TPSA) is 349 Å². The summed E-state index contributed by atoms with van der Waals surface area (Å²) in [6, 6.07) is 29.1. The Labute approximate surface area is 742 Å². The predicted molar refractivity (Wildman–Crippen MR) is 446 cm³/mol. The smallest absolute Gasteiger partial charge is 0.214 e. The van der Waals surface area contributed by atoms with Gasteiger partial charge in [0.1, 0.15) is 42.3 Å². The maximum absolute atomic E-state index is 15.3. The monoisotopic (exact) mass is 1980 g/mol. The van der Waals surface area contributed by atoms with E-state index in [0.29, 0.717) is 39.4 Å². The zero-order valence-electron chi connectivity index (χ0n) is 66.7. The summed E-state index contributed by atoms with van der Waals surface area (Å²) in [5.74, 6) is -12.4. The Morgan fingerprint density at radius 3 is 0.754 bits per heavy atom. The number of rotatable bonds is 19. The van der Waals surface area contributed by atoms with Gasteiger partial charge < -0.3 is 37.9 Å². The number of benzene rings is 8. The van der Waals surface area contributed by atoms with E-state index in [1.54, 1.807) is 0 Å². The number of sulfonamides is 3. The molecule has 17 rings (SSSR count). The molecule has 0 unspecified atom stereocenters. The van der Waals surface area contributed by atoms with Crippen molar-refractivity contribution < 1.29 is 132 Å². The number of ether oxygens (including phenoxy) is 8. The molecule has 0 bridgehead atoms. The lowest BCUT2D eigenvalue weighted by molar-refractivity contribution is -0.0736. The molecule has 3 N–H and O–H groups in total. The van der Waals surface area contributed by atoms with Crippen LogP contribution in [-0.2, 0) is 107 Å². The van der Waals surface area contributed by atoms with Crippen LogP contribution in [0.5, 0.6) is 23.0 Å². The molecule has 8 aromatic rings. The van der Waals surface area contributed by atoms with Crippen LogP contribution in [0.3, 0.4) is 0 Å². The summed E-state index contributed by atoms with van der Waals surface area (Å²) in [5, 5.41) is 0.844. The highest BCUT2D eigenvalue weighted by Crippen LogP contribution is 2.61. The Morgan fingerprint density at radius 1 is 0.317 bits per heavy atom. The molecule has 25 nitrogen and oxygen atoms in total. The van der Waals surface area contributed by atoms with E-state index >= 15 is 17.6 Å². The van der Waals surface area contributed by atoms with Crippen LogP contribution < -0.4 is 33.1 Å². The van der Waals surface area contributed by atoms with Crippen LogP contribution in [0.15, 0.2) is 165 Å². The number of nitrogens with one attached hydrogen (secondary N) is 3. The average Bonchev–Trinajstić information content (AvgIpc) is 1.28. The first-order valence-corrected chi connectivity index (χ1v) is 51.9.